The molecule has 0 fully saturated rings. The van der Waals surface area contributed by atoms with Crippen LogP contribution in [-0.2, 0) is 16.9 Å². The molecule has 26 heavy (non-hydrogen) atoms. The van der Waals surface area contributed by atoms with Crippen LogP contribution in [-0.4, -0.2) is 36.3 Å². The third kappa shape index (κ3) is 4.02. The number of rotatable bonds is 5. The van der Waals surface area contributed by atoms with Crippen LogP contribution < -0.4 is 10.9 Å². The number of halogens is 1. The van der Waals surface area contributed by atoms with Gasteiger partial charge < -0.3 is 5.32 Å². The highest BCUT2D eigenvalue weighted by Crippen LogP contribution is 2.34. The minimum atomic E-state index is -3.55. The minimum Gasteiger partial charge on any atom is -0.381 e. The second-order valence-corrected chi connectivity index (χ2v) is 8.54. The first-order valence-electron chi connectivity index (χ1n) is 7.54. The average Bonchev–Trinajstić information content (AvgIpc) is 2.72. The molecule has 1 aromatic carbocycles. The number of sulfone groups is 1. The number of benzene rings is 1. The summed E-state index contributed by atoms with van der Waals surface area (Å²) >= 11 is 6.35. The van der Waals surface area contributed by atoms with E-state index in [0.29, 0.717) is 5.69 Å². The molecule has 0 saturated carbocycles. The van der Waals surface area contributed by atoms with E-state index in [1.807, 2.05) is 13.8 Å². The van der Waals surface area contributed by atoms with E-state index in [4.69, 9.17) is 11.6 Å². The van der Waals surface area contributed by atoms with Crippen LogP contribution in [0.3, 0.4) is 0 Å². The van der Waals surface area contributed by atoms with Crippen molar-refractivity contribution in [2.75, 3.05) is 11.6 Å². The number of carbonyl (C=O) groups excluding carboxylic acids is 1. The van der Waals surface area contributed by atoms with Crippen molar-refractivity contribution >= 4 is 32.9 Å². The number of aromatic nitrogens is 2. The summed E-state index contributed by atoms with van der Waals surface area (Å²) in [6, 6.07) is 2.55. The fourth-order valence-corrected chi connectivity index (χ4v) is 3.76. The monoisotopic (exact) mass is 401 g/mol. The second-order valence-electron chi connectivity index (χ2n) is 6.18. The Morgan fingerprint density at radius 3 is 2.31 bits per heavy atom. The Labute approximate surface area is 158 Å². The molecule has 0 spiro atoms. The van der Waals surface area contributed by atoms with E-state index in [0.717, 1.165) is 6.26 Å². The third-order valence-corrected chi connectivity index (χ3v) is 5.17. The standard InChI is InChI=1S/C16H20ClN3O4S.CH4/c1-8(2)18-14-11(25(5,23)24)7-6-10(13(14)17)15(21)12-9(3)19-20(4)16(12)22;/h6-8,18-19H,1-5H3;1H4. The van der Waals surface area contributed by atoms with Crippen LogP contribution in [0.1, 0.15) is 42.9 Å². The normalized spacial score (nSPS) is 11.3. The summed E-state index contributed by atoms with van der Waals surface area (Å²) in [6.45, 7) is 5.26. The second kappa shape index (κ2) is 7.67. The van der Waals surface area contributed by atoms with Gasteiger partial charge in [-0.1, -0.05) is 19.0 Å². The maximum Gasteiger partial charge on any atom is 0.277 e. The van der Waals surface area contributed by atoms with Crippen LogP contribution in [0.4, 0.5) is 5.69 Å². The van der Waals surface area contributed by atoms with Gasteiger partial charge in [0.25, 0.3) is 5.56 Å². The molecule has 9 heteroatoms. The Morgan fingerprint density at radius 2 is 1.88 bits per heavy atom. The molecular weight excluding hydrogens is 378 g/mol. The van der Waals surface area contributed by atoms with Gasteiger partial charge in [-0.05, 0) is 32.9 Å². The zero-order chi connectivity index (χ0) is 19.1. The predicted molar refractivity (Wildman–Crippen MR) is 104 cm³/mol. The van der Waals surface area contributed by atoms with E-state index in [9.17, 15) is 18.0 Å². The van der Waals surface area contributed by atoms with E-state index < -0.39 is 21.2 Å². The zero-order valence-corrected chi connectivity index (χ0v) is 16.2. The van der Waals surface area contributed by atoms with Crippen LogP contribution in [0, 0.1) is 6.92 Å². The van der Waals surface area contributed by atoms with E-state index in [1.54, 1.807) is 6.92 Å². The van der Waals surface area contributed by atoms with Gasteiger partial charge in [0.2, 0.25) is 5.78 Å². The van der Waals surface area contributed by atoms with Crippen LogP contribution in [0.2, 0.25) is 5.02 Å². The highest BCUT2D eigenvalue weighted by Gasteiger charge is 2.26. The Hall–Kier alpha value is -2.06. The number of ketones is 1. The Kier molecular flexibility index (Phi) is 6.49. The molecule has 2 aromatic rings. The smallest absolute Gasteiger partial charge is 0.277 e. The van der Waals surface area contributed by atoms with E-state index >= 15 is 0 Å². The Bertz CT molecular complexity index is 1000. The van der Waals surface area contributed by atoms with Gasteiger partial charge in [-0.3, -0.25) is 19.4 Å². The lowest BCUT2D eigenvalue weighted by molar-refractivity contribution is 0.103. The number of nitrogens with one attached hydrogen (secondary N) is 2. The lowest BCUT2D eigenvalue weighted by Crippen LogP contribution is -2.21. The first-order chi connectivity index (χ1) is 11.4. The molecule has 1 aromatic heterocycles. The molecule has 0 saturated heterocycles. The van der Waals surface area contributed by atoms with Crippen LogP contribution in [0.5, 0.6) is 0 Å². The molecule has 2 rings (SSSR count). The predicted octanol–water partition coefficient (Wildman–Crippen LogP) is 2.77. The molecular formula is C17H24ClN3O4S. The molecule has 0 unspecified atom stereocenters. The van der Waals surface area contributed by atoms with Crippen molar-refractivity contribution in [2.45, 2.75) is 39.1 Å². The van der Waals surface area contributed by atoms with E-state index in [-0.39, 0.29) is 40.2 Å². The summed E-state index contributed by atoms with van der Waals surface area (Å²) in [7, 11) is -2.04. The van der Waals surface area contributed by atoms with Crippen LogP contribution in [0.25, 0.3) is 0 Å². The minimum absolute atomic E-state index is 0. The number of nitrogens with zero attached hydrogens (tertiary/aromatic N) is 1. The number of aryl methyl sites for hydroxylation is 2. The van der Waals surface area contributed by atoms with Gasteiger partial charge in [-0.15, -0.1) is 0 Å². The molecule has 0 aliphatic heterocycles. The Morgan fingerprint density at radius 1 is 1.31 bits per heavy atom. The Balaban J connectivity index is 0.00000338. The average molecular weight is 402 g/mol. The van der Waals surface area contributed by atoms with Crippen LogP contribution >= 0.6 is 11.6 Å². The largest absolute Gasteiger partial charge is 0.381 e. The van der Waals surface area contributed by atoms with Gasteiger partial charge in [0, 0.05) is 30.6 Å². The van der Waals surface area contributed by atoms with Gasteiger partial charge >= 0.3 is 0 Å². The number of anilines is 1. The molecule has 144 valence electrons. The maximum absolute atomic E-state index is 12.8. The summed E-state index contributed by atoms with van der Waals surface area (Å²) in [6.07, 6.45) is 1.07. The van der Waals surface area contributed by atoms with Crippen LogP contribution in [0.15, 0.2) is 21.8 Å². The van der Waals surface area contributed by atoms with Gasteiger partial charge in [0.05, 0.1) is 15.6 Å². The highest BCUT2D eigenvalue weighted by molar-refractivity contribution is 7.90. The molecule has 7 nitrogen and oxygen atoms in total. The molecule has 0 amide bonds. The lowest BCUT2D eigenvalue weighted by Gasteiger charge is -2.17. The first kappa shape index (κ1) is 22.0. The van der Waals surface area contributed by atoms with Gasteiger partial charge in [0.1, 0.15) is 5.56 Å². The van der Waals surface area contributed by atoms with Gasteiger partial charge in [0.15, 0.2) is 9.84 Å². The quantitative estimate of drug-likeness (QED) is 0.750. The molecule has 2 N–H and O–H groups in total. The van der Waals surface area contributed by atoms with Crippen molar-refractivity contribution in [2.24, 2.45) is 7.05 Å². The summed E-state index contributed by atoms with van der Waals surface area (Å²) < 4.78 is 25.2. The van der Waals surface area contributed by atoms with Crippen molar-refractivity contribution in [3.8, 4) is 0 Å². The van der Waals surface area contributed by atoms with E-state index in [2.05, 4.69) is 10.4 Å². The maximum atomic E-state index is 12.8. The molecule has 0 aliphatic rings. The fraction of sp³-hybridized carbons (Fsp3) is 0.412. The summed E-state index contributed by atoms with van der Waals surface area (Å²) in [5.41, 5.74) is 0.155. The van der Waals surface area contributed by atoms with Crippen molar-refractivity contribution in [3.63, 3.8) is 0 Å². The summed E-state index contributed by atoms with van der Waals surface area (Å²) in [4.78, 5) is 25.0. The molecule has 0 bridgehead atoms. The van der Waals surface area contributed by atoms with Crippen molar-refractivity contribution in [3.05, 3.63) is 44.3 Å². The van der Waals surface area contributed by atoms with Gasteiger partial charge in [-0.2, -0.15) is 0 Å². The number of H-pyrrole nitrogens is 1. The lowest BCUT2D eigenvalue weighted by atomic mass is 10.0. The van der Waals surface area contributed by atoms with Crippen molar-refractivity contribution < 1.29 is 13.2 Å². The topological polar surface area (TPSA) is 101 Å². The van der Waals surface area contributed by atoms with Crippen molar-refractivity contribution in [1.82, 2.24) is 9.78 Å². The van der Waals surface area contributed by atoms with E-state index in [1.165, 1.54) is 23.9 Å². The molecule has 1 heterocycles. The SMILES string of the molecule is C.Cc1[nH]n(C)c(=O)c1C(=O)c1ccc(S(C)(=O)=O)c(NC(C)C)c1Cl. The zero-order valence-electron chi connectivity index (χ0n) is 14.6. The number of hydrogen-bond acceptors (Lipinski definition) is 5. The third-order valence-electron chi connectivity index (χ3n) is 3.64. The number of carbonyl (C=O) groups is 1. The summed E-state index contributed by atoms with van der Waals surface area (Å²) in [5.74, 6) is -0.559. The van der Waals surface area contributed by atoms with Gasteiger partial charge in [-0.25, -0.2) is 8.42 Å². The summed E-state index contributed by atoms with van der Waals surface area (Å²) in [5, 5.41) is 5.71. The molecule has 0 radical (unpaired) electrons. The number of hydrogen-bond donors (Lipinski definition) is 2. The fourth-order valence-electron chi connectivity index (χ4n) is 2.55. The van der Waals surface area contributed by atoms with Crippen molar-refractivity contribution in [1.29, 1.82) is 0 Å². The first-order valence-corrected chi connectivity index (χ1v) is 9.81. The number of aromatic amines is 1. The molecule has 0 atom stereocenters. The molecule has 0 aliphatic carbocycles. The highest BCUT2D eigenvalue weighted by atomic mass is 35.5.